The Bertz CT molecular complexity index is 1330. The number of aryl methyl sites for hydroxylation is 2. The summed E-state index contributed by atoms with van der Waals surface area (Å²) in [6.07, 6.45) is -0.119. The SMILES string of the molecule is CC.Cc1ccc(C(CC(=O)O)c2c(C)cc(F)cc2CN(C)C)cc1CN1CCOc2ccccc2S1=O. The lowest BCUT2D eigenvalue weighted by Gasteiger charge is -2.25. The van der Waals surface area contributed by atoms with Gasteiger partial charge in [-0.1, -0.05) is 44.2 Å². The molecule has 6 nitrogen and oxygen atoms in total. The van der Waals surface area contributed by atoms with E-state index in [0.717, 1.165) is 33.4 Å². The number of halogens is 1. The molecule has 1 heterocycles. The summed E-state index contributed by atoms with van der Waals surface area (Å²) < 4.78 is 35.5. The number of para-hydroxylation sites is 1. The number of carbonyl (C=O) groups is 1. The second-order valence-electron chi connectivity index (χ2n) is 9.78. The molecule has 0 spiro atoms. The van der Waals surface area contributed by atoms with E-state index in [-0.39, 0.29) is 12.2 Å². The topological polar surface area (TPSA) is 70.1 Å². The molecule has 0 saturated carbocycles. The van der Waals surface area contributed by atoms with E-state index in [9.17, 15) is 18.5 Å². The van der Waals surface area contributed by atoms with Gasteiger partial charge in [0.1, 0.15) is 29.2 Å². The van der Waals surface area contributed by atoms with Crippen LogP contribution in [0.4, 0.5) is 4.39 Å². The van der Waals surface area contributed by atoms with Gasteiger partial charge >= 0.3 is 5.97 Å². The summed E-state index contributed by atoms with van der Waals surface area (Å²) in [4.78, 5) is 14.6. The molecule has 3 aromatic rings. The van der Waals surface area contributed by atoms with Crippen molar-refractivity contribution in [2.45, 2.75) is 58.0 Å². The Morgan fingerprint density at radius 1 is 1.08 bits per heavy atom. The zero-order chi connectivity index (χ0) is 28.7. The van der Waals surface area contributed by atoms with Crippen molar-refractivity contribution in [2.24, 2.45) is 0 Å². The van der Waals surface area contributed by atoms with Crippen molar-refractivity contribution in [3.63, 3.8) is 0 Å². The maximum atomic E-state index is 14.4. The summed E-state index contributed by atoms with van der Waals surface area (Å²) in [5.41, 5.74) is 5.18. The number of ether oxygens (including phenoxy) is 1. The standard InChI is InChI=1S/C29H33FN2O4S.C2H6/c1-19-9-10-21(14-22(19)18-32-11-12-36-26-7-5-6-8-27(26)37(32)35)25(16-28(33)34)29-20(2)13-24(30)15-23(29)17-31(3)4;1-2/h5-10,13-15,25H,11-12,16-18H2,1-4H3,(H,33,34);1-2H3. The number of rotatable bonds is 8. The van der Waals surface area contributed by atoms with Gasteiger partial charge in [-0.2, -0.15) is 0 Å². The van der Waals surface area contributed by atoms with Gasteiger partial charge in [0.05, 0.1) is 11.3 Å². The van der Waals surface area contributed by atoms with Gasteiger partial charge in [0.25, 0.3) is 0 Å². The number of hydrogen-bond acceptors (Lipinski definition) is 4. The van der Waals surface area contributed by atoms with Gasteiger partial charge in [-0.05, 0) is 85.6 Å². The summed E-state index contributed by atoms with van der Waals surface area (Å²) in [5, 5.41) is 9.82. The fourth-order valence-corrected chi connectivity index (χ4v) is 6.22. The summed E-state index contributed by atoms with van der Waals surface area (Å²) in [7, 11) is 2.42. The van der Waals surface area contributed by atoms with Crippen molar-refractivity contribution in [3.05, 3.63) is 93.8 Å². The smallest absolute Gasteiger partial charge is 0.304 e. The van der Waals surface area contributed by atoms with Crippen LogP contribution in [0, 0.1) is 19.7 Å². The van der Waals surface area contributed by atoms with Gasteiger partial charge in [0.2, 0.25) is 0 Å². The molecule has 39 heavy (non-hydrogen) atoms. The van der Waals surface area contributed by atoms with Crippen molar-refractivity contribution in [1.82, 2.24) is 9.21 Å². The molecule has 1 aliphatic heterocycles. The van der Waals surface area contributed by atoms with Crippen LogP contribution in [-0.4, -0.2) is 51.7 Å². The third kappa shape index (κ3) is 7.53. The van der Waals surface area contributed by atoms with Crippen molar-refractivity contribution in [3.8, 4) is 5.75 Å². The predicted octanol–water partition coefficient (Wildman–Crippen LogP) is 6.05. The molecule has 0 aliphatic carbocycles. The molecule has 0 fully saturated rings. The fourth-order valence-electron chi connectivity index (χ4n) is 4.95. The second kappa shape index (κ2) is 13.8. The van der Waals surface area contributed by atoms with E-state index in [2.05, 4.69) is 0 Å². The van der Waals surface area contributed by atoms with Crippen LogP contribution in [0.25, 0.3) is 0 Å². The highest BCUT2D eigenvalue weighted by Gasteiger charge is 2.26. The highest BCUT2D eigenvalue weighted by atomic mass is 32.2. The van der Waals surface area contributed by atoms with Crippen molar-refractivity contribution in [2.75, 3.05) is 27.2 Å². The zero-order valence-electron chi connectivity index (χ0n) is 23.7. The van der Waals surface area contributed by atoms with Gasteiger partial charge in [-0.25, -0.2) is 12.9 Å². The Morgan fingerprint density at radius 2 is 1.79 bits per heavy atom. The first-order valence-electron chi connectivity index (χ1n) is 13.3. The van der Waals surface area contributed by atoms with Crippen LogP contribution in [0.2, 0.25) is 0 Å². The summed E-state index contributed by atoms with van der Waals surface area (Å²) >= 11 is 0. The minimum absolute atomic E-state index is 0.119. The molecule has 0 amide bonds. The lowest BCUT2D eigenvalue weighted by molar-refractivity contribution is -0.137. The molecule has 2 unspecified atom stereocenters. The third-order valence-electron chi connectivity index (χ3n) is 6.64. The Kier molecular flexibility index (Phi) is 10.8. The minimum Gasteiger partial charge on any atom is -0.491 e. The average molecular weight is 555 g/mol. The number of nitrogens with zero attached hydrogens (tertiary/aromatic N) is 2. The molecule has 0 radical (unpaired) electrons. The predicted molar refractivity (Wildman–Crippen MR) is 154 cm³/mol. The molecule has 1 N–H and O–H groups in total. The lowest BCUT2D eigenvalue weighted by Crippen LogP contribution is -2.28. The number of benzene rings is 3. The van der Waals surface area contributed by atoms with Gasteiger partial charge in [0, 0.05) is 25.6 Å². The number of carboxylic acid groups (broad SMARTS) is 1. The van der Waals surface area contributed by atoms with E-state index in [4.69, 9.17) is 4.74 Å². The van der Waals surface area contributed by atoms with Gasteiger partial charge in [-0.3, -0.25) is 4.79 Å². The molecule has 2 atom stereocenters. The molecule has 0 bridgehead atoms. The number of fused-ring (bicyclic) bond motifs is 1. The van der Waals surface area contributed by atoms with E-state index in [1.807, 2.05) is 93.5 Å². The van der Waals surface area contributed by atoms with Crippen molar-refractivity contribution < 1.29 is 23.2 Å². The Morgan fingerprint density at radius 3 is 2.49 bits per heavy atom. The fraction of sp³-hybridized carbons (Fsp3) is 0.387. The van der Waals surface area contributed by atoms with E-state index < -0.39 is 22.9 Å². The van der Waals surface area contributed by atoms with Gasteiger partial charge in [-0.15, -0.1) is 0 Å². The molecule has 0 aromatic heterocycles. The Balaban J connectivity index is 0.00000205. The van der Waals surface area contributed by atoms with Crippen LogP contribution in [0.5, 0.6) is 5.75 Å². The molecule has 1 aliphatic rings. The van der Waals surface area contributed by atoms with Gasteiger partial charge in [0.15, 0.2) is 0 Å². The Hall–Kier alpha value is -3.07. The monoisotopic (exact) mass is 554 g/mol. The molecule has 3 aromatic carbocycles. The quantitative estimate of drug-likeness (QED) is 0.367. The second-order valence-corrected chi connectivity index (χ2v) is 11.2. The molecule has 0 saturated heterocycles. The van der Waals surface area contributed by atoms with Crippen molar-refractivity contribution in [1.29, 1.82) is 0 Å². The number of hydrogen-bond donors (Lipinski definition) is 1. The first-order valence-corrected chi connectivity index (χ1v) is 14.4. The normalized spacial score (nSPS) is 15.9. The first kappa shape index (κ1) is 30.5. The molecular weight excluding hydrogens is 515 g/mol. The highest BCUT2D eigenvalue weighted by molar-refractivity contribution is 7.82. The van der Waals surface area contributed by atoms with Crippen LogP contribution in [0.15, 0.2) is 59.5 Å². The number of carboxylic acids is 1. The summed E-state index contributed by atoms with van der Waals surface area (Å²) in [5.74, 6) is -1.07. The number of aliphatic carboxylic acids is 1. The van der Waals surface area contributed by atoms with E-state index in [1.54, 1.807) is 0 Å². The maximum Gasteiger partial charge on any atom is 0.304 e. The first-order chi connectivity index (χ1) is 18.6. The van der Waals surface area contributed by atoms with Crippen LogP contribution < -0.4 is 4.74 Å². The van der Waals surface area contributed by atoms with Crippen LogP contribution in [-0.2, 0) is 28.9 Å². The maximum absolute atomic E-state index is 14.4. The van der Waals surface area contributed by atoms with Crippen molar-refractivity contribution >= 4 is 17.0 Å². The summed E-state index contributed by atoms with van der Waals surface area (Å²) in [6.45, 7) is 9.67. The summed E-state index contributed by atoms with van der Waals surface area (Å²) in [6, 6.07) is 16.3. The molecule has 4 rings (SSSR count). The Labute approximate surface area is 234 Å². The molecular formula is C31H39FN2O4S. The average Bonchev–Trinajstić information content (AvgIpc) is 3.03. The lowest BCUT2D eigenvalue weighted by atomic mass is 9.82. The third-order valence-corrected chi connectivity index (χ3v) is 8.14. The van der Waals surface area contributed by atoms with Crippen LogP contribution in [0.3, 0.4) is 0 Å². The minimum atomic E-state index is -1.39. The van der Waals surface area contributed by atoms with Crippen LogP contribution >= 0.6 is 0 Å². The van der Waals surface area contributed by atoms with Crippen LogP contribution in [0.1, 0.15) is 59.6 Å². The molecule has 210 valence electrons. The molecule has 8 heteroatoms. The van der Waals surface area contributed by atoms with E-state index >= 15 is 0 Å². The van der Waals surface area contributed by atoms with E-state index in [1.165, 1.54) is 12.1 Å². The largest absolute Gasteiger partial charge is 0.491 e. The zero-order valence-corrected chi connectivity index (χ0v) is 24.5. The van der Waals surface area contributed by atoms with Gasteiger partial charge < -0.3 is 14.7 Å². The highest BCUT2D eigenvalue weighted by Crippen LogP contribution is 2.36. The van der Waals surface area contributed by atoms with E-state index in [0.29, 0.717) is 36.9 Å².